The summed E-state index contributed by atoms with van der Waals surface area (Å²) in [7, 11) is 0. The normalized spacial score (nSPS) is 10.8. The van der Waals surface area contributed by atoms with E-state index in [0.717, 1.165) is 12.8 Å². The van der Waals surface area contributed by atoms with E-state index in [1.807, 2.05) is 0 Å². The molecule has 0 aromatic heterocycles. The number of rotatable bonds is 17. The van der Waals surface area contributed by atoms with Crippen molar-refractivity contribution in [3.05, 3.63) is 28.2 Å². The van der Waals surface area contributed by atoms with Gasteiger partial charge in [-0.15, -0.1) is 0 Å². The lowest BCUT2D eigenvalue weighted by Gasteiger charge is -2.06. The highest BCUT2D eigenvalue weighted by Crippen LogP contribution is 2.24. The lowest BCUT2D eigenvalue weighted by atomic mass is 10.1. The molecular weight excluding hydrogens is 423 g/mol. The number of benzene rings is 1. The fourth-order valence-electron chi connectivity index (χ4n) is 3.18. The fraction of sp³-hybridized carbons (Fsp3) is 0.667. The zero-order valence-corrected chi connectivity index (χ0v) is 19.7. The zero-order chi connectivity index (χ0) is 22.0. The van der Waals surface area contributed by atoms with E-state index in [0.29, 0.717) is 16.7 Å². The van der Waals surface area contributed by atoms with Crippen molar-refractivity contribution in [3.8, 4) is 5.75 Å². The maximum absolute atomic E-state index is 11.8. The first-order valence-corrected chi connectivity index (χ1v) is 12.1. The molecule has 0 saturated heterocycles. The summed E-state index contributed by atoms with van der Waals surface area (Å²) in [5.74, 6) is -0.628. The smallest absolute Gasteiger partial charge is 0.311 e. The number of hydrogen-bond donors (Lipinski definition) is 0. The van der Waals surface area contributed by atoms with E-state index in [-0.39, 0.29) is 24.6 Å². The minimum absolute atomic E-state index is 0.00534. The summed E-state index contributed by atoms with van der Waals surface area (Å²) in [5.41, 5.74) is 0. The molecule has 0 saturated carbocycles. The summed E-state index contributed by atoms with van der Waals surface area (Å²) in [6.07, 6.45) is 15.1. The quantitative estimate of drug-likeness (QED) is 0.135. The molecule has 1 aromatic carbocycles. The van der Waals surface area contributed by atoms with Crippen LogP contribution in [-0.2, 0) is 14.3 Å². The van der Waals surface area contributed by atoms with Crippen molar-refractivity contribution in [1.82, 2.24) is 0 Å². The van der Waals surface area contributed by atoms with Crippen LogP contribution in [0, 0.1) is 0 Å². The highest BCUT2D eigenvalue weighted by Gasteiger charge is 2.11. The van der Waals surface area contributed by atoms with E-state index in [9.17, 15) is 9.59 Å². The fourth-order valence-corrected chi connectivity index (χ4v) is 3.68. The van der Waals surface area contributed by atoms with E-state index in [1.165, 1.54) is 76.3 Å². The van der Waals surface area contributed by atoms with Gasteiger partial charge in [-0.1, -0.05) is 101 Å². The molecule has 0 radical (unpaired) electrons. The number of unbranched alkanes of at least 4 members (excludes halogenated alkanes) is 11. The van der Waals surface area contributed by atoms with Crippen LogP contribution in [0.15, 0.2) is 18.2 Å². The van der Waals surface area contributed by atoms with E-state index < -0.39 is 5.97 Å². The van der Waals surface area contributed by atoms with E-state index in [1.54, 1.807) is 6.07 Å². The largest absolute Gasteiger partial charge is 0.466 e. The van der Waals surface area contributed by atoms with Gasteiger partial charge in [0.25, 0.3) is 0 Å². The molecule has 4 nitrogen and oxygen atoms in total. The Bertz CT molecular complexity index is 599. The molecule has 0 unspecified atom stereocenters. The van der Waals surface area contributed by atoms with Crippen molar-refractivity contribution in [2.75, 3.05) is 6.61 Å². The molecule has 0 aliphatic heterocycles. The molecule has 0 atom stereocenters. The van der Waals surface area contributed by atoms with Crippen molar-refractivity contribution in [3.63, 3.8) is 0 Å². The molecule has 0 spiro atoms. The molecule has 0 N–H and O–H groups in total. The van der Waals surface area contributed by atoms with E-state index in [4.69, 9.17) is 32.7 Å². The number of carbonyl (C=O) groups excluding carboxylic acids is 2. The number of ether oxygens (including phenoxy) is 2. The first-order valence-electron chi connectivity index (χ1n) is 11.3. The monoisotopic (exact) mass is 458 g/mol. The Labute approximate surface area is 191 Å². The topological polar surface area (TPSA) is 52.6 Å². The Hall–Kier alpha value is -1.26. The predicted molar refractivity (Wildman–Crippen MR) is 123 cm³/mol. The lowest BCUT2D eigenvalue weighted by molar-refractivity contribution is -0.147. The van der Waals surface area contributed by atoms with Crippen LogP contribution in [0.4, 0.5) is 0 Å². The van der Waals surface area contributed by atoms with Gasteiger partial charge in [0.05, 0.1) is 19.4 Å². The standard InChI is InChI=1S/C24H36Cl2O4/c1-2-3-4-5-6-7-8-9-10-11-12-13-16-29-23(27)14-15-24(28)30-22-18-20(25)17-21(26)19-22/h17-19H,2-16H2,1H3. The number of esters is 2. The summed E-state index contributed by atoms with van der Waals surface area (Å²) < 4.78 is 10.3. The Balaban J connectivity index is 1.94. The Kier molecular flexibility index (Phi) is 15.6. The van der Waals surface area contributed by atoms with Gasteiger partial charge in [0.1, 0.15) is 5.75 Å². The lowest BCUT2D eigenvalue weighted by Crippen LogP contribution is -2.12. The van der Waals surface area contributed by atoms with Gasteiger partial charge in [0.15, 0.2) is 0 Å². The SMILES string of the molecule is CCCCCCCCCCCCCCOC(=O)CCC(=O)Oc1cc(Cl)cc(Cl)c1. The third-order valence-corrected chi connectivity index (χ3v) is 5.30. The van der Waals surface area contributed by atoms with Crippen LogP contribution >= 0.6 is 23.2 Å². The average molecular weight is 459 g/mol. The second-order valence-corrected chi connectivity index (χ2v) is 8.56. The summed E-state index contributed by atoms with van der Waals surface area (Å²) in [5, 5.41) is 0.763. The molecule has 0 amide bonds. The third kappa shape index (κ3) is 14.7. The van der Waals surface area contributed by atoms with Crippen molar-refractivity contribution >= 4 is 35.1 Å². The van der Waals surface area contributed by atoms with Crippen molar-refractivity contribution in [2.24, 2.45) is 0 Å². The molecule has 1 aromatic rings. The second kappa shape index (κ2) is 17.4. The highest BCUT2D eigenvalue weighted by atomic mass is 35.5. The summed E-state index contributed by atoms with van der Waals surface area (Å²) in [6, 6.07) is 4.54. The van der Waals surface area contributed by atoms with Crippen molar-refractivity contribution in [2.45, 2.75) is 96.8 Å². The number of hydrogen-bond acceptors (Lipinski definition) is 4. The zero-order valence-electron chi connectivity index (χ0n) is 18.2. The van der Waals surface area contributed by atoms with Crippen LogP contribution in [0.5, 0.6) is 5.75 Å². The van der Waals surface area contributed by atoms with Crippen LogP contribution in [0.2, 0.25) is 10.0 Å². The van der Waals surface area contributed by atoms with Gasteiger partial charge in [-0.2, -0.15) is 0 Å². The molecule has 6 heteroatoms. The van der Waals surface area contributed by atoms with E-state index >= 15 is 0 Å². The van der Waals surface area contributed by atoms with Crippen LogP contribution in [0.1, 0.15) is 96.8 Å². The number of carbonyl (C=O) groups is 2. The van der Waals surface area contributed by atoms with Crippen LogP contribution < -0.4 is 4.74 Å². The molecule has 0 bridgehead atoms. The van der Waals surface area contributed by atoms with Gasteiger partial charge in [0.2, 0.25) is 0 Å². The van der Waals surface area contributed by atoms with Crippen LogP contribution in [0.25, 0.3) is 0 Å². The Morgan fingerprint density at radius 3 is 1.70 bits per heavy atom. The van der Waals surface area contributed by atoms with Crippen molar-refractivity contribution in [1.29, 1.82) is 0 Å². The third-order valence-electron chi connectivity index (χ3n) is 4.86. The molecule has 1 rings (SSSR count). The van der Waals surface area contributed by atoms with Gasteiger partial charge >= 0.3 is 11.9 Å². The van der Waals surface area contributed by atoms with Gasteiger partial charge < -0.3 is 9.47 Å². The highest BCUT2D eigenvalue weighted by molar-refractivity contribution is 6.34. The summed E-state index contributed by atoms with van der Waals surface area (Å²) >= 11 is 11.7. The molecule has 0 aliphatic rings. The Morgan fingerprint density at radius 1 is 0.700 bits per heavy atom. The molecule has 0 fully saturated rings. The summed E-state index contributed by atoms with van der Waals surface area (Å²) in [4.78, 5) is 23.5. The van der Waals surface area contributed by atoms with Crippen LogP contribution in [0.3, 0.4) is 0 Å². The van der Waals surface area contributed by atoms with Crippen LogP contribution in [-0.4, -0.2) is 18.5 Å². The van der Waals surface area contributed by atoms with Crippen molar-refractivity contribution < 1.29 is 19.1 Å². The van der Waals surface area contributed by atoms with Gasteiger partial charge in [-0.05, 0) is 24.6 Å². The molecule has 30 heavy (non-hydrogen) atoms. The number of halogens is 2. The molecule has 0 aliphatic carbocycles. The maximum Gasteiger partial charge on any atom is 0.311 e. The maximum atomic E-state index is 11.8. The molecular formula is C24H36Cl2O4. The van der Waals surface area contributed by atoms with Gasteiger partial charge in [0, 0.05) is 10.0 Å². The first-order chi connectivity index (χ1) is 14.5. The van der Waals surface area contributed by atoms with Gasteiger partial charge in [-0.3, -0.25) is 9.59 Å². The first kappa shape index (κ1) is 26.8. The minimum Gasteiger partial charge on any atom is -0.466 e. The molecule has 0 heterocycles. The summed E-state index contributed by atoms with van der Waals surface area (Å²) in [6.45, 7) is 2.66. The minimum atomic E-state index is -0.518. The average Bonchev–Trinajstić information content (AvgIpc) is 2.69. The predicted octanol–water partition coefficient (Wildman–Crippen LogP) is 7.92. The molecule has 170 valence electrons. The van der Waals surface area contributed by atoms with Gasteiger partial charge in [-0.25, -0.2) is 0 Å². The van der Waals surface area contributed by atoms with E-state index in [2.05, 4.69) is 6.92 Å². The second-order valence-electron chi connectivity index (χ2n) is 7.69. The Morgan fingerprint density at radius 2 is 1.17 bits per heavy atom.